The van der Waals surface area contributed by atoms with Crippen molar-refractivity contribution in [2.24, 2.45) is 0 Å². The summed E-state index contributed by atoms with van der Waals surface area (Å²) in [5.41, 5.74) is 2.14. The minimum absolute atomic E-state index is 0.0623. The predicted molar refractivity (Wildman–Crippen MR) is 482 cm³/mol. The summed E-state index contributed by atoms with van der Waals surface area (Å²) in [7, 11) is 0. The largest absolute Gasteiger partial charge is 0.456 e. The first-order valence-electron chi connectivity index (χ1n) is 58.2. The SMILES string of the molecule is [2H]c1c([2H])c([2H])c2c(oc3c([2H])c([2H])c([2H])c(-c4c5c([2H])c([2H])c([2H])c([2H])c5c(-c5ccc(-c6ccccc6)cc5)c5c([2H])c([2H])c([2H])c([2H])c45)c32)c1[2H].[2H]c1c([2H])c([2H])c2c(oc3c([2H])c([2H])c([2H])c(-c4c5c([2H])c([2H])c([2H])c([2H])c5c(-c5ccc6c(c5)-c5ccccc5C6(C)C)c5c([2H])c([2H])c([2H])c([2H])c45)c32)c1[2H].[2H]c1c([2H])c([2H])c2c(oc3c([2H])c([2H])c([2H])c(-c4c5c([2H])c([2H])c([2H])c([2H])c5c(-c5ccccc5)c5c([2H])c([2H])c([2H])c([2H])c45)c32)c1[2H]. The molecule has 114 heavy (non-hydrogen) atoms. The van der Waals surface area contributed by atoms with Crippen LogP contribution in [0, 0.1) is 0 Å². The van der Waals surface area contributed by atoms with Crippen molar-refractivity contribution in [2.75, 3.05) is 0 Å². The van der Waals surface area contributed by atoms with E-state index in [2.05, 4.69) is 13.8 Å². The van der Waals surface area contributed by atoms with Crippen LogP contribution in [0.5, 0.6) is 0 Å². The molecule has 0 bridgehead atoms. The molecule has 0 aliphatic heterocycles. The summed E-state index contributed by atoms with van der Waals surface area (Å²) in [6.45, 7) is 4.18. The van der Waals surface area contributed by atoms with E-state index in [-0.39, 0.29) is 164 Å². The van der Waals surface area contributed by atoms with Gasteiger partial charge in [-0.3, -0.25) is 0 Å². The van der Waals surface area contributed by atoms with E-state index in [1.165, 1.54) is 0 Å². The maximum Gasteiger partial charge on any atom is 0.136 e. The molecule has 3 heteroatoms. The normalized spacial score (nSPS) is 17.9. The van der Waals surface area contributed by atoms with Crippen molar-refractivity contribution >= 4 is 130 Å². The summed E-state index contributed by atoms with van der Waals surface area (Å²) in [5.74, 6) is 0. The summed E-state index contributed by atoms with van der Waals surface area (Å²) in [6, 6.07) is 9.61. The number of para-hydroxylation sites is 3. The van der Waals surface area contributed by atoms with Gasteiger partial charge in [0.15, 0.2) is 0 Å². The lowest BCUT2D eigenvalue weighted by Crippen LogP contribution is -2.14. The number of rotatable bonds is 7. The standard InChI is InChI=1S/C41H28O.C38H24O.C32H20O/c1-41(2)34-19-9-7-12-26(34)33-24-25(22-23-35(33)41)38-27-13-3-5-15-29(27)39(30-16-6-4-14-28(30)38)32-18-11-21-37-40(32)31-17-8-10-20-36(31)42-37;1-2-11-25(12-3-1)26-21-23-27(24-22-26)36-28-13-4-6-15-30(28)37(31-16-7-5-14-29(31)36)33-18-10-20-35-38(33)32-17-8-9-19-34(32)39-35;1-2-11-21(12-3-1)30-22-13-4-6-15-24(22)31(25-16-7-5-14-23(25)30)27-18-10-20-29-32(27)26-17-8-9-19-28(26)33-29/h3-24H,1-2H3;1-24H;1-20H/i3D,4D,5D,6D,8D,10D,11D,13D,14D,15D,16D,17D,18D,20D,21D;2*4D,5D,6D,7D,8D,9D,10D,13D,14D,15D,16D,17D,18D,19D,20D. The second-order valence-corrected chi connectivity index (χ2v) is 27.3. The van der Waals surface area contributed by atoms with E-state index in [1.807, 2.05) is 66.7 Å². The van der Waals surface area contributed by atoms with E-state index in [4.69, 9.17) is 59.9 Å². The Morgan fingerprint density at radius 1 is 0.193 bits per heavy atom. The molecular formula is C111H72O3. The molecule has 0 N–H and O–H groups in total. The molecule has 0 atom stereocenters. The summed E-state index contributed by atoms with van der Waals surface area (Å²) in [5, 5.41) is -3.89. The summed E-state index contributed by atoms with van der Waals surface area (Å²) in [6.07, 6.45) is 0. The lowest BCUT2D eigenvalue weighted by Gasteiger charge is -2.22. The minimum Gasteiger partial charge on any atom is -0.456 e. The van der Waals surface area contributed by atoms with Gasteiger partial charge in [0.1, 0.15) is 33.5 Å². The van der Waals surface area contributed by atoms with Gasteiger partial charge in [0.2, 0.25) is 0 Å². The van der Waals surface area contributed by atoms with Gasteiger partial charge >= 0.3 is 0 Å². The average Bonchev–Trinajstić information content (AvgIpc) is 1.68. The van der Waals surface area contributed by atoms with Gasteiger partial charge in [0.05, 0.1) is 61.7 Å². The van der Waals surface area contributed by atoms with Crippen LogP contribution >= 0.6 is 0 Å². The van der Waals surface area contributed by atoms with Gasteiger partial charge in [-0.25, -0.2) is 0 Å². The smallest absolute Gasteiger partial charge is 0.136 e. The van der Waals surface area contributed by atoms with E-state index in [0.717, 1.165) is 33.4 Å². The number of hydrogen-bond acceptors (Lipinski definition) is 3. The van der Waals surface area contributed by atoms with Crippen LogP contribution in [0.4, 0.5) is 0 Å². The van der Waals surface area contributed by atoms with Crippen molar-refractivity contribution in [2.45, 2.75) is 19.3 Å². The Balaban J connectivity index is 0.000000133. The average molecular weight is 1500 g/mol. The van der Waals surface area contributed by atoms with E-state index in [1.54, 1.807) is 60.7 Å². The van der Waals surface area contributed by atoms with Crippen LogP contribution in [-0.4, -0.2) is 0 Å². The third-order valence-electron chi connectivity index (χ3n) is 20.9. The van der Waals surface area contributed by atoms with E-state index in [9.17, 15) is 15.1 Å². The zero-order valence-corrected chi connectivity index (χ0v) is 59.3. The monoisotopic (exact) mass is 1500 g/mol. The number of furan rings is 3. The molecule has 0 saturated carbocycles. The minimum atomic E-state index is -0.713. The Kier molecular flexibility index (Phi) is 8.28. The zero-order valence-electron chi connectivity index (χ0n) is 104. The van der Waals surface area contributed by atoms with Crippen molar-refractivity contribution in [1.29, 1.82) is 0 Å². The Morgan fingerprint density at radius 3 is 0.816 bits per heavy atom. The third-order valence-corrected chi connectivity index (χ3v) is 20.9. The first-order valence-corrected chi connectivity index (χ1v) is 35.7. The van der Waals surface area contributed by atoms with E-state index >= 15 is 0 Å². The highest BCUT2D eigenvalue weighted by Gasteiger charge is 2.36. The highest BCUT2D eigenvalue weighted by Crippen LogP contribution is 2.54. The van der Waals surface area contributed by atoms with Gasteiger partial charge in [-0.15, -0.1) is 0 Å². The summed E-state index contributed by atoms with van der Waals surface area (Å²) in [4.78, 5) is 0. The van der Waals surface area contributed by atoms with E-state index < -0.39 is 294 Å². The number of benzene rings is 20. The van der Waals surface area contributed by atoms with Crippen molar-refractivity contribution < 1.29 is 74.9 Å². The van der Waals surface area contributed by atoms with Crippen LogP contribution in [0.15, 0.2) is 413 Å². The fraction of sp³-hybridized carbons (Fsp3) is 0.0270. The Labute approximate surface area is 722 Å². The highest BCUT2D eigenvalue weighted by atomic mass is 16.3. The Hall–Kier alpha value is -14.6. The van der Waals surface area contributed by atoms with Crippen LogP contribution in [0.1, 0.15) is 86.7 Å². The summed E-state index contributed by atoms with van der Waals surface area (Å²) >= 11 is 0. The van der Waals surface area contributed by atoms with Gasteiger partial charge in [-0.1, -0.05) is 371 Å². The molecule has 1 aliphatic rings. The molecule has 3 heterocycles. The first-order chi connectivity index (χ1) is 75.1. The van der Waals surface area contributed by atoms with Crippen LogP contribution in [-0.2, 0) is 5.41 Å². The van der Waals surface area contributed by atoms with Gasteiger partial charge < -0.3 is 13.3 Å². The van der Waals surface area contributed by atoms with Gasteiger partial charge in [-0.2, -0.15) is 0 Å². The molecule has 24 rings (SSSR count). The first kappa shape index (κ1) is 35.2. The molecular weight excluding hydrogens is 1380 g/mol. The van der Waals surface area contributed by atoms with Gasteiger partial charge in [0, 0.05) is 37.7 Å². The molecule has 0 spiro atoms. The van der Waals surface area contributed by atoms with Crippen LogP contribution in [0.3, 0.4) is 0 Å². The topological polar surface area (TPSA) is 39.4 Å². The third kappa shape index (κ3) is 10.6. The molecule has 23 aromatic rings. The number of fused-ring (bicyclic) bond motifs is 18. The fourth-order valence-electron chi connectivity index (χ4n) is 16.1. The number of hydrogen-bond donors (Lipinski definition) is 0. The molecule has 20 aromatic carbocycles. The lowest BCUT2D eigenvalue weighted by molar-refractivity contribution is 0.660. The Bertz CT molecular complexity index is 10500. The zero-order chi connectivity index (χ0) is 115. The predicted octanol–water partition coefficient (Wildman–Crippen LogP) is 31.7. The van der Waals surface area contributed by atoms with Crippen molar-refractivity contribution in [3.05, 3.63) is 410 Å². The maximum absolute atomic E-state index is 9.41. The molecule has 534 valence electrons. The van der Waals surface area contributed by atoms with Gasteiger partial charge in [0.25, 0.3) is 0 Å². The molecule has 0 radical (unpaired) electrons. The molecule has 3 aromatic heterocycles. The van der Waals surface area contributed by atoms with Crippen LogP contribution < -0.4 is 0 Å². The fourth-order valence-corrected chi connectivity index (χ4v) is 16.1. The molecule has 0 unspecified atom stereocenters. The van der Waals surface area contributed by atoms with Crippen molar-refractivity contribution in [3.8, 4) is 89.0 Å². The molecule has 1 aliphatic carbocycles. The second kappa shape index (κ2) is 26.8. The molecule has 0 amide bonds. The van der Waals surface area contributed by atoms with Crippen molar-refractivity contribution in [3.63, 3.8) is 0 Å². The molecule has 0 fully saturated rings. The molecule has 0 saturated heterocycles. The maximum atomic E-state index is 9.41. The lowest BCUT2D eigenvalue weighted by atomic mass is 9.81. The van der Waals surface area contributed by atoms with Crippen molar-refractivity contribution in [1.82, 2.24) is 0 Å². The quantitative estimate of drug-likeness (QED) is 0.149. The van der Waals surface area contributed by atoms with Gasteiger partial charge in [-0.05, 0) is 207 Å². The van der Waals surface area contributed by atoms with Crippen LogP contribution in [0.2, 0.25) is 0 Å². The Morgan fingerprint density at radius 2 is 0.447 bits per heavy atom. The van der Waals surface area contributed by atoms with Crippen LogP contribution in [0.25, 0.3) is 219 Å². The summed E-state index contributed by atoms with van der Waals surface area (Å²) < 4.78 is 416. The second-order valence-electron chi connectivity index (χ2n) is 27.3. The van der Waals surface area contributed by atoms with E-state index in [0.29, 0.717) is 16.7 Å². The molecule has 3 nitrogen and oxygen atoms in total. The highest BCUT2D eigenvalue weighted by molar-refractivity contribution is 6.29.